The van der Waals surface area contributed by atoms with Crippen molar-refractivity contribution in [1.29, 1.82) is 0 Å². The maximum atomic E-state index is 13.2. The van der Waals surface area contributed by atoms with Crippen LogP contribution in [0.5, 0.6) is 0 Å². The van der Waals surface area contributed by atoms with E-state index >= 15 is 0 Å². The molecule has 2 aromatic rings. The number of hydrogen-bond donors (Lipinski definition) is 1. The van der Waals surface area contributed by atoms with Gasteiger partial charge in [0.15, 0.2) is 0 Å². The number of benzene rings is 2. The number of nitrogens with one attached hydrogen (secondary N) is 1. The maximum absolute atomic E-state index is 13.2. The van der Waals surface area contributed by atoms with Gasteiger partial charge in [-0.15, -0.1) is 0 Å². The second kappa shape index (κ2) is 6.31. The molecule has 0 amide bonds. The smallest absolute Gasteiger partial charge is 0.137 e. The van der Waals surface area contributed by atoms with Crippen LogP contribution in [-0.4, -0.2) is 0 Å². The molecule has 0 saturated heterocycles. The van der Waals surface area contributed by atoms with E-state index in [1.165, 1.54) is 17.2 Å². The Morgan fingerprint density at radius 3 is 2.47 bits per heavy atom. The van der Waals surface area contributed by atoms with Crippen molar-refractivity contribution in [2.24, 2.45) is 0 Å². The van der Waals surface area contributed by atoms with E-state index in [4.69, 9.17) is 0 Å². The van der Waals surface area contributed by atoms with Gasteiger partial charge < -0.3 is 5.32 Å². The summed E-state index contributed by atoms with van der Waals surface area (Å²) in [5.74, 6) is -0.227. The Morgan fingerprint density at radius 1 is 1.16 bits per heavy atom. The summed E-state index contributed by atoms with van der Waals surface area (Å²) >= 11 is 3.22. The molecule has 1 nitrogen and oxygen atoms in total. The Balaban J connectivity index is 1.98. The number of rotatable bonds is 4. The zero-order valence-electron chi connectivity index (χ0n) is 11.1. The van der Waals surface area contributed by atoms with E-state index in [9.17, 15) is 4.39 Å². The van der Waals surface area contributed by atoms with E-state index in [2.05, 4.69) is 59.4 Å². The molecular weight excluding hydrogens is 305 g/mol. The molecule has 0 heterocycles. The summed E-state index contributed by atoms with van der Waals surface area (Å²) < 4.78 is 13.7. The molecule has 1 N–H and O–H groups in total. The van der Waals surface area contributed by atoms with Crippen LogP contribution in [0.3, 0.4) is 0 Å². The van der Waals surface area contributed by atoms with Gasteiger partial charge >= 0.3 is 0 Å². The highest BCUT2D eigenvalue weighted by Crippen LogP contribution is 2.21. The lowest BCUT2D eigenvalue weighted by Crippen LogP contribution is -2.18. The first-order chi connectivity index (χ1) is 9.06. The lowest BCUT2D eigenvalue weighted by molar-refractivity contribution is 0.570. The number of halogens is 2. The Morgan fingerprint density at radius 2 is 1.84 bits per heavy atom. The van der Waals surface area contributed by atoms with Crippen molar-refractivity contribution in [3.8, 4) is 0 Å². The van der Waals surface area contributed by atoms with Gasteiger partial charge in [0.1, 0.15) is 5.82 Å². The number of hydrogen-bond acceptors (Lipinski definition) is 1. The molecule has 2 rings (SSSR count). The molecule has 2 aromatic carbocycles. The van der Waals surface area contributed by atoms with Crippen molar-refractivity contribution in [3.05, 3.63) is 69.4 Å². The minimum Gasteiger partial charge on any atom is -0.306 e. The van der Waals surface area contributed by atoms with Gasteiger partial charge in [-0.25, -0.2) is 4.39 Å². The van der Waals surface area contributed by atoms with E-state index in [1.807, 2.05) is 12.1 Å². The van der Waals surface area contributed by atoms with Crippen LogP contribution in [0.15, 0.2) is 46.9 Å². The first-order valence-corrected chi connectivity index (χ1v) is 7.09. The largest absolute Gasteiger partial charge is 0.306 e. The topological polar surface area (TPSA) is 12.0 Å². The van der Waals surface area contributed by atoms with E-state index in [-0.39, 0.29) is 11.9 Å². The predicted molar refractivity (Wildman–Crippen MR) is 80.5 cm³/mol. The Kier molecular flexibility index (Phi) is 4.72. The van der Waals surface area contributed by atoms with Crippen molar-refractivity contribution in [3.63, 3.8) is 0 Å². The molecule has 0 radical (unpaired) electrons. The highest BCUT2D eigenvalue weighted by atomic mass is 79.9. The van der Waals surface area contributed by atoms with Crippen LogP contribution in [0.4, 0.5) is 4.39 Å². The third-order valence-electron chi connectivity index (χ3n) is 3.18. The third-order valence-corrected chi connectivity index (χ3v) is 3.78. The zero-order valence-corrected chi connectivity index (χ0v) is 12.7. The van der Waals surface area contributed by atoms with Gasteiger partial charge in [0, 0.05) is 12.6 Å². The average Bonchev–Trinajstić information content (AvgIpc) is 2.41. The lowest BCUT2D eigenvalue weighted by atomic mass is 10.1. The highest BCUT2D eigenvalue weighted by Gasteiger charge is 2.07. The fourth-order valence-corrected chi connectivity index (χ4v) is 2.27. The normalized spacial score (nSPS) is 12.4. The van der Waals surface area contributed by atoms with Crippen molar-refractivity contribution in [2.45, 2.75) is 26.4 Å². The maximum Gasteiger partial charge on any atom is 0.137 e. The quantitative estimate of drug-likeness (QED) is 0.857. The third kappa shape index (κ3) is 3.88. The Labute approximate surface area is 122 Å². The van der Waals surface area contributed by atoms with Gasteiger partial charge in [-0.2, -0.15) is 0 Å². The molecule has 0 aliphatic heterocycles. The second-order valence-electron chi connectivity index (χ2n) is 4.76. The molecule has 3 heteroatoms. The Bertz CT molecular complexity index is 551. The van der Waals surface area contributed by atoms with E-state index in [1.54, 1.807) is 0 Å². The minimum absolute atomic E-state index is 0.179. The second-order valence-corrected chi connectivity index (χ2v) is 5.62. The molecule has 0 bridgehead atoms. The summed E-state index contributed by atoms with van der Waals surface area (Å²) in [6.45, 7) is 4.96. The van der Waals surface area contributed by atoms with E-state index < -0.39 is 0 Å². The lowest BCUT2D eigenvalue weighted by Gasteiger charge is -2.15. The van der Waals surface area contributed by atoms with Gasteiger partial charge in [0.2, 0.25) is 0 Å². The molecule has 1 atom stereocenters. The predicted octanol–water partition coefficient (Wildman–Crippen LogP) is 4.75. The standard InChI is InChI=1S/C16H17BrFN/c1-11-3-5-13(6-4-11)10-19-12(2)14-7-8-16(18)15(17)9-14/h3-9,12,19H,10H2,1-2H3. The SMILES string of the molecule is Cc1ccc(CNC(C)c2ccc(F)c(Br)c2)cc1. The first-order valence-electron chi connectivity index (χ1n) is 6.30. The summed E-state index contributed by atoms with van der Waals surface area (Å²) in [5, 5.41) is 3.44. The fraction of sp³-hybridized carbons (Fsp3) is 0.250. The molecular formula is C16H17BrFN. The summed E-state index contributed by atoms with van der Waals surface area (Å²) in [4.78, 5) is 0. The van der Waals surface area contributed by atoms with E-state index in [0.717, 1.165) is 12.1 Å². The molecule has 0 aliphatic carbocycles. The van der Waals surface area contributed by atoms with Crippen LogP contribution >= 0.6 is 15.9 Å². The molecule has 19 heavy (non-hydrogen) atoms. The summed E-state index contributed by atoms with van der Waals surface area (Å²) in [6, 6.07) is 13.8. The van der Waals surface area contributed by atoms with Crippen molar-refractivity contribution in [1.82, 2.24) is 5.32 Å². The average molecular weight is 322 g/mol. The van der Waals surface area contributed by atoms with Gasteiger partial charge in [0.05, 0.1) is 4.47 Å². The van der Waals surface area contributed by atoms with E-state index in [0.29, 0.717) is 4.47 Å². The van der Waals surface area contributed by atoms with Gasteiger partial charge in [-0.1, -0.05) is 35.9 Å². The molecule has 0 spiro atoms. The van der Waals surface area contributed by atoms with Crippen LogP contribution in [0.2, 0.25) is 0 Å². The minimum atomic E-state index is -0.227. The highest BCUT2D eigenvalue weighted by molar-refractivity contribution is 9.10. The van der Waals surface area contributed by atoms with Crippen molar-refractivity contribution >= 4 is 15.9 Å². The molecule has 1 unspecified atom stereocenters. The van der Waals surface area contributed by atoms with Crippen LogP contribution in [-0.2, 0) is 6.54 Å². The zero-order chi connectivity index (χ0) is 13.8. The van der Waals surface area contributed by atoms with Crippen molar-refractivity contribution < 1.29 is 4.39 Å². The van der Waals surface area contributed by atoms with Crippen LogP contribution < -0.4 is 5.32 Å². The summed E-state index contributed by atoms with van der Waals surface area (Å²) in [5.41, 5.74) is 3.58. The monoisotopic (exact) mass is 321 g/mol. The van der Waals surface area contributed by atoms with Gasteiger partial charge in [-0.3, -0.25) is 0 Å². The van der Waals surface area contributed by atoms with Gasteiger partial charge in [0.25, 0.3) is 0 Å². The molecule has 0 saturated carbocycles. The molecule has 100 valence electrons. The molecule has 0 fully saturated rings. The number of aryl methyl sites for hydroxylation is 1. The van der Waals surface area contributed by atoms with Crippen LogP contribution in [0, 0.1) is 12.7 Å². The van der Waals surface area contributed by atoms with Crippen LogP contribution in [0.25, 0.3) is 0 Å². The van der Waals surface area contributed by atoms with Crippen LogP contribution in [0.1, 0.15) is 29.7 Å². The molecule has 0 aliphatic rings. The Hall–Kier alpha value is -1.19. The van der Waals surface area contributed by atoms with Gasteiger partial charge in [-0.05, 0) is 53.0 Å². The summed E-state index contributed by atoms with van der Waals surface area (Å²) in [6.07, 6.45) is 0. The summed E-state index contributed by atoms with van der Waals surface area (Å²) in [7, 11) is 0. The fourth-order valence-electron chi connectivity index (χ4n) is 1.88. The van der Waals surface area contributed by atoms with Crippen molar-refractivity contribution in [2.75, 3.05) is 0 Å². The molecule has 0 aromatic heterocycles. The first kappa shape index (κ1) is 14.2.